The molecule has 53 heavy (non-hydrogen) atoms. The van der Waals surface area contributed by atoms with E-state index in [0.29, 0.717) is 0 Å². The highest BCUT2D eigenvalue weighted by atomic mass is 16.2. The Balaban J connectivity index is 1.46. The van der Waals surface area contributed by atoms with E-state index in [4.69, 9.17) is 0 Å². The van der Waals surface area contributed by atoms with Crippen molar-refractivity contribution >= 4 is 11.8 Å². The van der Waals surface area contributed by atoms with Crippen LogP contribution in [0.25, 0.3) is 0 Å². The standard InChI is InChI=1S/C45H48N6O2/c1-46-39-25-15-16-26-40(39)47(2)42(53)32-49-28-30-51(34-49)45(50-29-27-48(33-50)31-41(46)52,43(35-17-7-3-8-18-35)36-19-9-4-10-20-36)44(37-21-11-5-12-22-37)38-23-13-6-14-24-38/h3-14,17-24,27-30,33-34,39-40,43-44H,15-16,25-26,31-32H2,1-2H3/q+2/t39-,40-/m1/s1. The molecular weight excluding hydrogens is 657 g/mol. The number of aromatic nitrogens is 4. The Morgan fingerprint density at radius 1 is 0.528 bits per heavy atom. The highest BCUT2D eigenvalue weighted by molar-refractivity contribution is 5.76. The molecule has 1 aliphatic heterocycles. The van der Waals surface area contributed by atoms with E-state index < -0.39 is 5.66 Å². The third-order valence-corrected chi connectivity index (χ3v) is 11.7. The minimum absolute atomic E-state index is 0.0345. The molecule has 1 aliphatic carbocycles. The van der Waals surface area contributed by atoms with Crippen LogP contribution in [-0.4, -0.2) is 56.9 Å². The molecule has 4 bridgehead atoms. The average molecular weight is 705 g/mol. The zero-order valence-corrected chi connectivity index (χ0v) is 30.6. The predicted molar refractivity (Wildman–Crippen MR) is 204 cm³/mol. The van der Waals surface area contributed by atoms with Crippen molar-refractivity contribution in [2.75, 3.05) is 14.1 Å². The first kappa shape index (κ1) is 34.3. The van der Waals surface area contributed by atoms with Gasteiger partial charge in [0, 0.05) is 14.1 Å². The summed E-state index contributed by atoms with van der Waals surface area (Å²) in [5, 5.41) is 0. The van der Waals surface area contributed by atoms with Gasteiger partial charge in [-0.1, -0.05) is 134 Å². The maximum Gasteiger partial charge on any atom is 0.274 e. The molecule has 6 aromatic rings. The van der Waals surface area contributed by atoms with Crippen molar-refractivity contribution in [1.82, 2.24) is 18.9 Å². The molecule has 0 unspecified atom stereocenters. The van der Waals surface area contributed by atoms with Crippen LogP contribution in [0.1, 0.15) is 59.8 Å². The second-order valence-corrected chi connectivity index (χ2v) is 14.7. The molecule has 8 heteroatoms. The van der Waals surface area contributed by atoms with Crippen LogP contribution in [0.5, 0.6) is 0 Å². The van der Waals surface area contributed by atoms with E-state index >= 15 is 0 Å². The smallest absolute Gasteiger partial charge is 0.274 e. The fraction of sp³-hybridized carbons (Fsp3) is 0.289. The van der Waals surface area contributed by atoms with E-state index in [2.05, 4.69) is 156 Å². The minimum atomic E-state index is -0.917. The van der Waals surface area contributed by atoms with Crippen molar-refractivity contribution < 1.29 is 18.7 Å². The first-order valence-electron chi connectivity index (χ1n) is 18.8. The summed E-state index contributed by atoms with van der Waals surface area (Å²) in [5.41, 5.74) is 3.66. The van der Waals surface area contributed by atoms with Crippen LogP contribution in [0, 0.1) is 0 Å². The lowest BCUT2D eigenvalue weighted by molar-refractivity contribution is -0.686. The number of fused-ring (bicyclic) bond motifs is 5. The number of likely N-dealkylation sites (N-methyl/N-ethyl adjacent to an activating group) is 2. The molecule has 0 radical (unpaired) electrons. The number of hydrogen-bond donors (Lipinski definition) is 0. The second kappa shape index (κ2) is 14.7. The Labute approximate surface area is 312 Å². The predicted octanol–water partition coefficient (Wildman–Crippen LogP) is 5.97. The molecule has 3 heterocycles. The van der Waals surface area contributed by atoms with Gasteiger partial charge in [0.25, 0.3) is 17.5 Å². The Hall–Kier alpha value is -5.76. The number of hydrogen-bond acceptors (Lipinski definition) is 2. The summed E-state index contributed by atoms with van der Waals surface area (Å²) in [5.74, 6) is -0.415. The van der Waals surface area contributed by atoms with Crippen molar-refractivity contribution in [3.05, 3.63) is 181 Å². The molecule has 0 spiro atoms. The van der Waals surface area contributed by atoms with E-state index in [1.165, 1.54) is 0 Å². The Morgan fingerprint density at radius 3 is 1.17 bits per heavy atom. The van der Waals surface area contributed by atoms with Crippen LogP contribution in [0.15, 0.2) is 159 Å². The molecule has 0 saturated heterocycles. The number of rotatable bonds is 6. The second-order valence-electron chi connectivity index (χ2n) is 14.7. The van der Waals surface area contributed by atoms with Gasteiger partial charge in [0.1, 0.15) is 24.8 Å². The van der Waals surface area contributed by atoms with Gasteiger partial charge >= 0.3 is 0 Å². The summed E-state index contributed by atoms with van der Waals surface area (Å²) in [4.78, 5) is 32.2. The zero-order chi connectivity index (χ0) is 36.4. The number of carbonyl (C=O) groups is 2. The summed E-state index contributed by atoms with van der Waals surface area (Å²) in [6.45, 7) is 0.379. The largest absolute Gasteiger partial charge is 0.337 e. The Bertz CT molecular complexity index is 1910. The summed E-state index contributed by atoms with van der Waals surface area (Å²) in [6, 6.07) is 42.8. The van der Waals surface area contributed by atoms with E-state index in [1.807, 2.05) is 45.4 Å². The van der Waals surface area contributed by atoms with E-state index in [1.54, 1.807) is 0 Å². The maximum atomic E-state index is 14.2. The van der Waals surface area contributed by atoms with Gasteiger partial charge in [-0.05, 0) is 35.1 Å². The van der Waals surface area contributed by atoms with Gasteiger partial charge in [-0.25, -0.2) is 9.13 Å². The monoisotopic (exact) mass is 704 g/mol. The van der Waals surface area contributed by atoms with Crippen molar-refractivity contribution in [1.29, 1.82) is 0 Å². The van der Waals surface area contributed by atoms with Gasteiger partial charge in [0.05, 0.1) is 23.9 Å². The van der Waals surface area contributed by atoms with Crippen molar-refractivity contribution in [2.45, 2.75) is 68.4 Å². The highest BCUT2D eigenvalue weighted by Crippen LogP contribution is 2.52. The van der Waals surface area contributed by atoms with Crippen LogP contribution >= 0.6 is 0 Å². The molecule has 1 saturated carbocycles. The molecule has 8 rings (SSSR count). The number of imidazole rings is 2. The molecule has 1 fully saturated rings. The van der Waals surface area contributed by atoms with Gasteiger partial charge in [0.15, 0.2) is 13.1 Å². The molecule has 8 nitrogen and oxygen atoms in total. The van der Waals surface area contributed by atoms with E-state index in [9.17, 15) is 9.59 Å². The SMILES string of the molecule is CN1C(=O)C[n+]2ccn(c2)C(C(c2ccccc2)c2ccccc2)(C(c2ccccc2)c2ccccc2)n2cc[n+](c2)CC(=O)N(C)[C@@H]2CCCC[C@H]21. The molecule has 2 aliphatic rings. The van der Waals surface area contributed by atoms with Gasteiger partial charge < -0.3 is 9.80 Å². The molecular formula is C45H48N6O2+2. The van der Waals surface area contributed by atoms with Crippen LogP contribution in [-0.2, 0) is 28.3 Å². The third kappa shape index (κ3) is 6.37. The lowest BCUT2D eigenvalue weighted by Crippen LogP contribution is -2.57. The topological polar surface area (TPSA) is 58.2 Å². The fourth-order valence-corrected chi connectivity index (χ4v) is 9.14. The molecule has 268 valence electrons. The molecule has 0 N–H and O–H groups in total. The molecule has 2 aromatic heterocycles. The quantitative estimate of drug-likeness (QED) is 0.201. The summed E-state index contributed by atoms with van der Waals surface area (Å²) in [7, 11) is 3.83. The van der Waals surface area contributed by atoms with Crippen molar-refractivity contribution in [3.8, 4) is 0 Å². The van der Waals surface area contributed by atoms with Crippen LogP contribution in [0.3, 0.4) is 0 Å². The van der Waals surface area contributed by atoms with Crippen LogP contribution in [0.4, 0.5) is 0 Å². The lowest BCUT2D eigenvalue weighted by Gasteiger charge is -2.42. The summed E-state index contributed by atoms with van der Waals surface area (Å²) in [6.07, 6.45) is 16.4. The van der Waals surface area contributed by atoms with Crippen LogP contribution < -0.4 is 9.13 Å². The van der Waals surface area contributed by atoms with Crippen molar-refractivity contribution in [2.24, 2.45) is 0 Å². The normalized spacial score (nSPS) is 19.2. The van der Waals surface area contributed by atoms with E-state index in [0.717, 1.165) is 47.9 Å². The third-order valence-electron chi connectivity index (χ3n) is 11.7. The summed E-state index contributed by atoms with van der Waals surface area (Å²) < 4.78 is 8.68. The first-order valence-corrected chi connectivity index (χ1v) is 18.8. The van der Waals surface area contributed by atoms with Crippen molar-refractivity contribution in [3.63, 3.8) is 0 Å². The minimum Gasteiger partial charge on any atom is -0.337 e. The number of benzene rings is 4. The van der Waals surface area contributed by atoms with Gasteiger partial charge in [0.2, 0.25) is 12.7 Å². The zero-order valence-electron chi connectivity index (χ0n) is 30.6. The van der Waals surface area contributed by atoms with E-state index in [-0.39, 0.29) is 48.8 Å². The fourth-order valence-electron chi connectivity index (χ4n) is 9.14. The maximum absolute atomic E-state index is 14.2. The average Bonchev–Trinajstić information content (AvgIpc) is 3.88. The van der Waals surface area contributed by atoms with Crippen LogP contribution in [0.2, 0.25) is 0 Å². The Kier molecular flexibility index (Phi) is 9.52. The highest BCUT2D eigenvalue weighted by Gasteiger charge is 2.59. The lowest BCUT2D eigenvalue weighted by atomic mass is 9.68. The summed E-state index contributed by atoms with van der Waals surface area (Å²) >= 11 is 0. The number of amides is 2. The first-order chi connectivity index (χ1) is 25.9. The molecule has 4 aromatic carbocycles. The van der Waals surface area contributed by atoms with Gasteiger partial charge in [-0.15, -0.1) is 0 Å². The number of nitrogens with zero attached hydrogens (tertiary/aromatic N) is 6. The van der Waals surface area contributed by atoms with Gasteiger partial charge in [-0.3, -0.25) is 9.59 Å². The number of carbonyl (C=O) groups excluding carboxylic acids is 2. The van der Waals surface area contributed by atoms with Gasteiger partial charge in [-0.2, -0.15) is 9.13 Å². The molecule has 2 atom stereocenters. The Morgan fingerprint density at radius 2 is 0.849 bits per heavy atom. The molecule has 2 amide bonds.